The summed E-state index contributed by atoms with van der Waals surface area (Å²) < 4.78 is 0. The molecule has 6 heteroatoms. The van der Waals surface area contributed by atoms with Gasteiger partial charge in [-0.15, -0.1) is 0 Å². The van der Waals surface area contributed by atoms with E-state index in [1.165, 1.54) is 4.90 Å². The molecular formula is C15H20N2O4. The molecule has 21 heavy (non-hydrogen) atoms. The van der Waals surface area contributed by atoms with Gasteiger partial charge in [0.15, 0.2) is 0 Å². The molecule has 0 bridgehead atoms. The molecular weight excluding hydrogens is 272 g/mol. The molecule has 1 aliphatic rings. The molecule has 1 fully saturated rings. The van der Waals surface area contributed by atoms with Gasteiger partial charge in [0.1, 0.15) is 6.04 Å². The molecule has 1 unspecified atom stereocenters. The molecule has 114 valence electrons. The van der Waals surface area contributed by atoms with Crippen LogP contribution in [0.2, 0.25) is 0 Å². The number of aliphatic hydroxyl groups excluding tert-OH is 1. The Kier molecular flexibility index (Phi) is 4.80. The van der Waals surface area contributed by atoms with E-state index in [4.69, 9.17) is 5.11 Å². The maximum atomic E-state index is 12.1. The average Bonchev–Trinajstić information content (AvgIpc) is 2.87. The number of hydrogen-bond acceptors (Lipinski definition) is 3. The third-order valence-electron chi connectivity index (χ3n) is 3.75. The number of aliphatic carboxylic acids is 1. The fourth-order valence-corrected chi connectivity index (χ4v) is 2.62. The summed E-state index contributed by atoms with van der Waals surface area (Å²) in [5.41, 5.74) is 2.16. The first-order valence-electron chi connectivity index (χ1n) is 7.05. The zero-order chi connectivity index (χ0) is 15.4. The number of aryl methyl sites for hydroxylation is 1. The van der Waals surface area contributed by atoms with Crippen molar-refractivity contribution in [1.29, 1.82) is 0 Å². The molecule has 2 atom stereocenters. The number of likely N-dealkylation sites (tertiary alicyclic amines) is 1. The Morgan fingerprint density at radius 2 is 2.00 bits per heavy atom. The van der Waals surface area contributed by atoms with Crippen LogP contribution in [0, 0.1) is 0 Å². The van der Waals surface area contributed by atoms with E-state index in [0.29, 0.717) is 6.54 Å². The minimum Gasteiger partial charge on any atom is -0.480 e. The molecule has 1 aromatic rings. The number of carbonyl (C=O) groups is 2. The number of carbonyl (C=O) groups excluding carboxylic acids is 1. The molecule has 1 saturated heterocycles. The van der Waals surface area contributed by atoms with Gasteiger partial charge in [0.2, 0.25) is 0 Å². The summed E-state index contributed by atoms with van der Waals surface area (Å²) in [5, 5.41) is 21.4. The number of rotatable bonds is 4. The fourth-order valence-electron chi connectivity index (χ4n) is 2.62. The second-order valence-corrected chi connectivity index (χ2v) is 5.18. The van der Waals surface area contributed by atoms with Gasteiger partial charge < -0.3 is 20.4 Å². The maximum absolute atomic E-state index is 12.1. The first kappa shape index (κ1) is 15.3. The van der Waals surface area contributed by atoms with Crippen molar-refractivity contribution >= 4 is 12.0 Å². The number of carboxylic acids is 1. The molecule has 2 rings (SSSR count). The normalized spacial score (nSPS) is 21.3. The van der Waals surface area contributed by atoms with Gasteiger partial charge in [0.25, 0.3) is 0 Å². The molecule has 0 saturated carbocycles. The van der Waals surface area contributed by atoms with E-state index in [2.05, 4.69) is 5.32 Å². The number of hydrogen-bond donors (Lipinski definition) is 3. The number of β-amino-alcohol motifs (C(OH)–C–C–N with tert-alkyl or cyclic N) is 1. The van der Waals surface area contributed by atoms with Gasteiger partial charge in [-0.1, -0.05) is 31.2 Å². The Hall–Kier alpha value is -2.08. The lowest BCUT2D eigenvalue weighted by atomic mass is 10.1. The summed E-state index contributed by atoms with van der Waals surface area (Å²) in [6, 6.07) is 6.38. The fraction of sp³-hybridized carbons (Fsp3) is 0.467. The van der Waals surface area contributed by atoms with Crippen LogP contribution < -0.4 is 5.32 Å². The average molecular weight is 292 g/mol. The smallest absolute Gasteiger partial charge is 0.326 e. The zero-order valence-electron chi connectivity index (χ0n) is 12.0. The largest absolute Gasteiger partial charge is 0.480 e. The number of aliphatic hydroxyl groups is 1. The Bertz CT molecular complexity index is 532. The van der Waals surface area contributed by atoms with Gasteiger partial charge >= 0.3 is 12.0 Å². The molecule has 6 nitrogen and oxygen atoms in total. The highest BCUT2D eigenvalue weighted by atomic mass is 16.4. The summed E-state index contributed by atoms with van der Waals surface area (Å²) in [7, 11) is 0. The first-order chi connectivity index (χ1) is 10.0. The molecule has 0 aromatic heterocycles. The van der Waals surface area contributed by atoms with E-state index < -0.39 is 24.1 Å². The number of benzene rings is 1. The van der Waals surface area contributed by atoms with Gasteiger partial charge in [-0.3, -0.25) is 0 Å². The van der Waals surface area contributed by atoms with Gasteiger partial charge in [0, 0.05) is 19.5 Å². The van der Waals surface area contributed by atoms with E-state index in [1.54, 1.807) is 0 Å². The molecule has 1 heterocycles. The second-order valence-electron chi connectivity index (χ2n) is 5.18. The maximum Gasteiger partial charge on any atom is 0.326 e. The second kappa shape index (κ2) is 6.58. The quantitative estimate of drug-likeness (QED) is 0.771. The van der Waals surface area contributed by atoms with Crippen molar-refractivity contribution in [2.24, 2.45) is 0 Å². The van der Waals surface area contributed by atoms with Gasteiger partial charge in [-0.2, -0.15) is 0 Å². The molecule has 2 amide bonds. The van der Waals surface area contributed by atoms with Crippen molar-refractivity contribution in [3.8, 4) is 0 Å². The van der Waals surface area contributed by atoms with Crippen molar-refractivity contribution in [1.82, 2.24) is 10.2 Å². The van der Waals surface area contributed by atoms with Crippen molar-refractivity contribution < 1.29 is 19.8 Å². The topological polar surface area (TPSA) is 89.9 Å². The number of urea groups is 1. The van der Waals surface area contributed by atoms with Crippen LogP contribution >= 0.6 is 0 Å². The van der Waals surface area contributed by atoms with Crippen molar-refractivity contribution in [3.63, 3.8) is 0 Å². The van der Waals surface area contributed by atoms with Crippen LogP contribution in [0.3, 0.4) is 0 Å². The van der Waals surface area contributed by atoms with Crippen LogP contribution in [-0.2, 0) is 17.8 Å². The van der Waals surface area contributed by atoms with Crippen molar-refractivity contribution in [2.45, 2.75) is 38.5 Å². The van der Waals surface area contributed by atoms with Gasteiger partial charge in [-0.25, -0.2) is 9.59 Å². The number of amides is 2. The Balaban J connectivity index is 2.00. The minimum atomic E-state index is -1.09. The number of nitrogens with one attached hydrogen (secondary N) is 1. The summed E-state index contributed by atoms with van der Waals surface area (Å²) in [6.07, 6.45) is 0.167. The molecule has 0 radical (unpaired) electrons. The third-order valence-corrected chi connectivity index (χ3v) is 3.75. The van der Waals surface area contributed by atoms with Crippen LogP contribution in [0.1, 0.15) is 24.5 Å². The first-order valence-corrected chi connectivity index (χ1v) is 7.05. The predicted molar refractivity (Wildman–Crippen MR) is 76.8 cm³/mol. The van der Waals surface area contributed by atoms with Crippen LogP contribution in [0.4, 0.5) is 4.79 Å². The van der Waals surface area contributed by atoms with E-state index in [-0.39, 0.29) is 13.0 Å². The van der Waals surface area contributed by atoms with E-state index >= 15 is 0 Å². The van der Waals surface area contributed by atoms with Crippen LogP contribution in [-0.4, -0.2) is 45.8 Å². The van der Waals surface area contributed by atoms with E-state index in [1.807, 2.05) is 31.2 Å². The SMILES string of the molecule is CCc1ccccc1CNC(=O)N1CC(O)C[C@H]1C(=O)O. The standard InChI is InChI=1S/C15H20N2O4/c1-2-10-5-3-4-6-11(10)8-16-15(21)17-9-12(18)7-13(17)14(19)20/h3-6,12-13,18H,2,7-9H2,1H3,(H,16,21)(H,19,20)/t12?,13-/m0/s1. The van der Waals surface area contributed by atoms with E-state index in [9.17, 15) is 14.7 Å². The number of carboxylic acid groups (broad SMARTS) is 1. The minimum absolute atomic E-state index is 0.0538. The molecule has 1 aliphatic heterocycles. The van der Waals surface area contributed by atoms with Gasteiger partial charge in [-0.05, 0) is 17.5 Å². The Labute approximate surface area is 123 Å². The lowest BCUT2D eigenvalue weighted by molar-refractivity contribution is -0.141. The highest BCUT2D eigenvalue weighted by Gasteiger charge is 2.38. The summed E-state index contributed by atoms with van der Waals surface area (Å²) in [5.74, 6) is -1.09. The lowest BCUT2D eigenvalue weighted by Crippen LogP contribution is -2.46. The number of nitrogens with zero attached hydrogens (tertiary/aromatic N) is 1. The summed E-state index contributed by atoms with van der Waals surface area (Å²) in [6.45, 7) is 2.44. The van der Waals surface area contributed by atoms with Crippen LogP contribution in [0.5, 0.6) is 0 Å². The Morgan fingerprint density at radius 1 is 1.33 bits per heavy atom. The predicted octanol–water partition coefficient (Wildman–Crippen LogP) is 0.978. The summed E-state index contributed by atoms with van der Waals surface area (Å²) >= 11 is 0. The highest BCUT2D eigenvalue weighted by molar-refractivity contribution is 5.83. The lowest BCUT2D eigenvalue weighted by Gasteiger charge is -2.22. The van der Waals surface area contributed by atoms with E-state index in [0.717, 1.165) is 17.5 Å². The molecule has 1 aromatic carbocycles. The molecule has 3 N–H and O–H groups in total. The van der Waals surface area contributed by atoms with Crippen LogP contribution in [0.25, 0.3) is 0 Å². The monoisotopic (exact) mass is 292 g/mol. The van der Waals surface area contributed by atoms with Gasteiger partial charge in [0.05, 0.1) is 6.10 Å². The zero-order valence-corrected chi connectivity index (χ0v) is 12.0. The molecule has 0 aliphatic carbocycles. The highest BCUT2D eigenvalue weighted by Crippen LogP contribution is 2.18. The van der Waals surface area contributed by atoms with Crippen molar-refractivity contribution in [3.05, 3.63) is 35.4 Å². The molecule has 0 spiro atoms. The summed E-state index contributed by atoms with van der Waals surface area (Å²) in [4.78, 5) is 24.4. The third kappa shape index (κ3) is 3.52. The Morgan fingerprint density at radius 3 is 2.62 bits per heavy atom. The van der Waals surface area contributed by atoms with Crippen molar-refractivity contribution in [2.75, 3.05) is 6.54 Å². The van der Waals surface area contributed by atoms with Crippen LogP contribution in [0.15, 0.2) is 24.3 Å².